The van der Waals surface area contributed by atoms with Crippen LogP contribution in [0.25, 0.3) is 0 Å². The van der Waals surface area contributed by atoms with Gasteiger partial charge >= 0.3 is 5.97 Å². The first kappa shape index (κ1) is 13.5. The molecule has 0 fully saturated rings. The largest absolute Gasteiger partial charge is 0.477 e. The summed E-state index contributed by atoms with van der Waals surface area (Å²) in [5.41, 5.74) is 3.12. The van der Waals surface area contributed by atoms with Crippen LogP contribution < -0.4 is 0 Å². The summed E-state index contributed by atoms with van der Waals surface area (Å²) in [6.45, 7) is 3.82. The van der Waals surface area contributed by atoms with Crippen molar-refractivity contribution in [2.75, 3.05) is 0 Å². The van der Waals surface area contributed by atoms with Crippen LogP contribution in [0.2, 0.25) is 0 Å². The zero-order valence-electron chi connectivity index (χ0n) is 10.8. The molecule has 0 atom stereocenters. The normalized spacial score (nSPS) is 10.4. The monoisotopic (exact) mass is 274 g/mol. The third-order valence-electron chi connectivity index (χ3n) is 2.67. The molecule has 4 nitrogen and oxygen atoms in total. The third kappa shape index (κ3) is 3.54. The van der Waals surface area contributed by atoms with Crippen LogP contribution in [0.4, 0.5) is 0 Å². The molecule has 0 bridgehead atoms. The van der Waals surface area contributed by atoms with Gasteiger partial charge in [-0.05, 0) is 31.0 Å². The van der Waals surface area contributed by atoms with Gasteiger partial charge in [0.25, 0.3) is 0 Å². The molecule has 2 aromatic rings. The van der Waals surface area contributed by atoms with Gasteiger partial charge in [0.05, 0.1) is 0 Å². The van der Waals surface area contributed by atoms with Crippen LogP contribution >= 0.6 is 11.8 Å². The van der Waals surface area contributed by atoms with Crippen LogP contribution in [0.3, 0.4) is 0 Å². The molecule has 0 aliphatic heterocycles. The van der Waals surface area contributed by atoms with E-state index in [0.29, 0.717) is 10.9 Å². The fourth-order valence-electron chi connectivity index (χ4n) is 1.63. The van der Waals surface area contributed by atoms with Crippen molar-refractivity contribution in [3.8, 4) is 0 Å². The molecule has 0 saturated heterocycles. The average molecular weight is 274 g/mol. The first-order chi connectivity index (χ1) is 9.06. The number of carboxylic acid groups (broad SMARTS) is 1. The Labute approximate surface area is 115 Å². The molecular weight excluding hydrogens is 260 g/mol. The van der Waals surface area contributed by atoms with Crippen molar-refractivity contribution in [3.63, 3.8) is 0 Å². The Hall–Kier alpha value is -1.88. The van der Waals surface area contributed by atoms with Gasteiger partial charge in [0.15, 0.2) is 10.9 Å². The molecule has 0 radical (unpaired) electrons. The maximum absolute atomic E-state index is 10.9. The van der Waals surface area contributed by atoms with Gasteiger partial charge in [0.2, 0.25) is 0 Å². The summed E-state index contributed by atoms with van der Waals surface area (Å²) in [4.78, 5) is 19.2. The minimum absolute atomic E-state index is 0.0415. The average Bonchev–Trinajstić information content (AvgIpc) is 2.37. The van der Waals surface area contributed by atoms with Crippen LogP contribution in [-0.2, 0) is 5.75 Å². The second kappa shape index (κ2) is 5.84. The van der Waals surface area contributed by atoms with E-state index in [1.54, 1.807) is 6.92 Å². The van der Waals surface area contributed by atoms with E-state index in [1.807, 2.05) is 12.1 Å². The number of aromatic nitrogens is 2. The van der Waals surface area contributed by atoms with Crippen molar-refractivity contribution in [2.45, 2.75) is 24.8 Å². The van der Waals surface area contributed by atoms with Crippen LogP contribution in [0, 0.1) is 13.8 Å². The standard InChI is InChI=1S/C14H14N2O2S/c1-9-5-3-4-6-11(9)8-19-14-15-10(2)7-12(16-14)13(17)18/h3-7H,8H2,1-2H3,(H,17,18). The molecule has 1 N–H and O–H groups in total. The number of hydrogen-bond donors (Lipinski definition) is 1. The van der Waals surface area contributed by atoms with Gasteiger partial charge in [-0.3, -0.25) is 0 Å². The van der Waals surface area contributed by atoms with Gasteiger partial charge in [-0.2, -0.15) is 0 Å². The zero-order chi connectivity index (χ0) is 13.8. The van der Waals surface area contributed by atoms with Gasteiger partial charge in [0, 0.05) is 11.4 Å². The maximum Gasteiger partial charge on any atom is 0.354 e. The Morgan fingerprint density at radius 1 is 1.26 bits per heavy atom. The smallest absolute Gasteiger partial charge is 0.354 e. The first-order valence-corrected chi connectivity index (χ1v) is 6.81. The van der Waals surface area contributed by atoms with Crippen LogP contribution in [0.15, 0.2) is 35.5 Å². The van der Waals surface area contributed by atoms with E-state index >= 15 is 0 Å². The van der Waals surface area contributed by atoms with Crippen molar-refractivity contribution in [3.05, 3.63) is 52.8 Å². The molecule has 0 saturated carbocycles. The van der Waals surface area contributed by atoms with Crippen molar-refractivity contribution < 1.29 is 9.90 Å². The highest BCUT2D eigenvalue weighted by molar-refractivity contribution is 7.98. The van der Waals surface area contributed by atoms with E-state index in [2.05, 4.69) is 29.0 Å². The summed E-state index contributed by atoms with van der Waals surface area (Å²) in [6.07, 6.45) is 0. The Morgan fingerprint density at radius 2 is 2.00 bits per heavy atom. The molecule has 0 spiro atoms. The maximum atomic E-state index is 10.9. The molecule has 0 aliphatic carbocycles. The lowest BCUT2D eigenvalue weighted by atomic mass is 10.1. The number of aryl methyl sites for hydroxylation is 2. The van der Waals surface area contributed by atoms with Gasteiger partial charge in [-0.25, -0.2) is 14.8 Å². The Kier molecular flexibility index (Phi) is 4.16. The Bertz CT molecular complexity index is 614. The highest BCUT2D eigenvalue weighted by Gasteiger charge is 2.09. The minimum atomic E-state index is -1.02. The summed E-state index contributed by atoms with van der Waals surface area (Å²) in [6, 6.07) is 9.56. The zero-order valence-corrected chi connectivity index (χ0v) is 11.6. The predicted octanol–water partition coefficient (Wildman–Crippen LogP) is 3.08. The van der Waals surface area contributed by atoms with E-state index in [4.69, 9.17) is 5.11 Å². The molecule has 5 heteroatoms. The summed E-state index contributed by atoms with van der Waals surface area (Å²) < 4.78 is 0. The quantitative estimate of drug-likeness (QED) is 0.685. The molecule has 98 valence electrons. The Morgan fingerprint density at radius 3 is 2.68 bits per heavy atom. The SMILES string of the molecule is Cc1cc(C(=O)O)nc(SCc2ccccc2C)n1. The Balaban J connectivity index is 2.16. The first-order valence-electron chi connectivity index (χ1n) is 5.82. The molecule has 2 rings (SSSR count). The van der Waals surface area contributed by atoms with Crippen molar-refractivity contribution in [2.24, 2.45) is 0 Å². The lowest BCUT2D eigenvalue weighted by Gasteiger charge is -2.05. The second-order valence-corrected chi connectivity index (χ2v) is 5.14. The fraction of sp³-hybridized carbons (Fsp3) is 0.214. The van der Waals surface area contributed by atoms with Crippen LogP contribution in [0.5, 0.6) is 0 Å². The highest BCUT2D eigenvalue weighted by atomic mass is 32.2. The second-order valence-electron chi connectivity index (χ2n) is 4.20. The van der Waals surface area contributed by atoms with Crippen molar-refractivity contribution in [1.82, 2.24) is 9.97 Å². The molecule has 0 unspecified atom stereocenters. The molecule has 1 aromatic carbocycles. The summed E-state index contributed by atoms with van der Waals surface area (Å²) >= 11 is 1.45. The third-order valence-corrected chi connectivity index (χ3v) is 3.57. The lowest BCUT2D eigenvalue weighted by Crippen LogP contribution is -2.04. The summed E-state index contributed by atoms with van der Waals surface area (Å²) in [5, 5.41) is 9.46. The minimum Gasteiger partial charge on any atom is -0.477 e. The van der Waals surface area contributed by atoms with Crippen molar-refractivity contribution in [1.29, 1.82) is 0 Å². The molecule has 0 aliphatic rings. The number of aromatic carboxylic acids is 1. The molecule has 19 heavy (non-hydrogen) atoms. The number of nitrogens with zero attached hydrogens (tertiary/aromatic N) is 2. The lowest BCUT2D eigenvalue weighted by molar-refractivity contribution is 0.0689. The predicted molar refractivity (Wildman–Crippen MR) is 74.5 cm³/mol. The van der Waals surface area contributed by atoms with E-state index < -0.39 is 5.97 Å². The topological polar surface area (TPSA) is 63.1 Å². The molecular formula is C14H14N2O2S. The van der Waals surface area contributed by atoms with Gasteiger partial charge in [-0.15, -0.1) is 0 Å². The molecule has 0 amide bonds. The number of hydrogen-bond acceptors (Lipinski definition) is 4. The number of carbonyl (C=O) groups is 1. The van der Waals surface area contributed by atoms with Crippen LogP contribution in [-0.4, -0.2) is 21.0 Å². The van der Waals surface area contributed by atoms with E-state index in [1.165, 1.54) is 29.0 Å². The van der Waals surface area contributed by atoms with E-state index in [9.17, 15) is 4.79 Å². The number of thioether (sulfide) groups is 1. The number of benzene rings is 1. The van der Waals surface area contributed by atoms with Crippen molar-refractivity contribution >= 4 is 17.7 Å². The highest BCUT2D eigenvalue weighted by Crippen LogP contribution is 2.21. The van der Waals surface area contributed by atoms with Gasteiger partial charge in [0.1, 0.15) is 0 Å². The molecule has 1 heterocycles. The van der Waals surface area contributed by atoms with E-state index in [0.717, 1.165) is 5.75 Å². The number of rotatable bonds is 4. The molecule has 1 aromatic heterocycles. The van der Waals surface area contributed by atoms with Gasteiger partial charge < -0.3 is 5.11 Å². The van der Waals surface area contributed by atoms with E-state index in [-0.39, 0.29) is 5.69 Å². The number of carboxylic acids is 1. The summed E-state index contributed by atoms with van der Waals surface area (Å²) in [5.74, 6) is -0.293. The summed E-state index contributed by atoms with van der Waals surface area (Å²) in [7, 11) is 0. The van der Waals surface area contributed by atoms with Gasteiger partial charge in [-0.1, -0.05) is 36.0 Å². The van der Waals surface area contributed by atoms with Crippen LogP contribution in [0.1, 0.15) is 27.3 Å². The fourth-order valence-corrected chi connectivity index (χ4v) is 2.61.